The molecule has 2 amide bonds. The molecule has 51 heavy (non-hydrogen) atoms. The van der Waals surface area contributed by atoms with E-state index in [0.29, 0.717) is 42.8 Å². The van der Waals surface area contributed by atoms with Crippen LogP contribution in [0.15, 0.2) is 71.6 Å². The summed E-state index contributed by atoms with van der Waals surface area (Å²) in [6.07, 6.45) is 3.50. The second kappa shape index (κ2) is 17.2. The lowest BCUT2D eigenvalue weighted by atomic mass is 9.81. The van der Waals surface area contributed by atoms with Crippen LogP contribution in [0.2, 0.25) is 0 Å². The molecule has 0 radical (unpaired) electrons. The highest BCUT2D eigenvalue weighted by molar-refractivity contribution is 7.89. The molecule has 4 aromatic rings. The van der Waals surface area contributed by atoms with Crippen LogP contribution < -0.4 is 21.1 Å². The third kappa shape index (κ3) is 9.10. The Bertz CT molecular complexity index is 1860. The number of sulfonamides is 1. The zero-order chi connectivity index (χ0) is 35.1. The molecule has 1 saturated heterocycles. The van der Waals surface area contributed by atoms with Crippen LogP contribution in [0.25, 0.3) is 22.5 Å². The van der Waals surface area contributed by atoms with Crippen LogP contribution in [0.4, 0.5) is 5.69 Å². The second-order valence-electron chi connectivity index (χ2n) is 12.6. The molecule has 3 aromatic carbocycles. The smallest absolute Gasteiger partial charge is 0.247 e. The number of aromatic amines is 1. The molecule has 5 N–H and O–H groups in total. The van der Waals surface area contributed by atoms with Gasteiger partial charge in [-0.2, -0.15) is 9.52 Å². The summed E-state index contributed by atoms with van der Waals surface area (Å²) in [6.45, 7) is 1.84. The Morgan fingerprint density at radius 3 is 2.27 bits per heavy atom. The minimum atomic E-state index is -3.81. The molecule has 1 aromatic heterocycles. The molecule has 0 bridgehead atoms. The number of carbonyl (C=O) groups is 2. The Kier molecular flexibility index (Phi) is 12.8. The van der Waals surface area contributed by atoms with Crippen molar-refractivity contribution in [1.82, 2.24) is 30.2 Å². The van der Waals surface area contributed by atoms with E-state index in [1.165, 1.54) is 11.4 Å². The molecule has 2 heterocycles. The van der Waals surface area contributed by atoms with Gasteiger partial charge in [0.25, 0.3) is 0 Å². The van der Waals surface area contributed by atoms with Crippen LogP contribution in [-0.2, 0) is 30.8 Å². The lowest BCUT2D eigenvalue weighted by Crippen LogP contribution is -2.48. The number of morpholine rings is 1. The first-order chi connectivity index (χ1) is 24.2. The zero-order valence-electron chi connectivity index (χ0n) is 28.3. The number of rotatable bonds is 12. The lowest BCUT2D eigenvalue weighted by Gasteiger charge is -2.28. The molecule has 2 aliphatic rings. The lowest BCUT2D eigenvalue weighted by molar-refractivity contribution is -0.130. The molecule has 2 fully saturated rings. The third-order valence-electron chi connectivity index (χ3n) is 9.42. The van der Waals surface area contributed by atoms with Crippen LogP contribution in [-0.4, -0.2) is 91.2 Å². The van der Waals surface area contributed by atoms with Gasteiger partial charge >= 0.3 is 0 Å². The fourth-order valence-electron chi connectivity index (χ4n) is 6.43. The van der Waals surface area contributed by atoms with Gasteiger partial charge in [-0.3, -0.25) is 9.59 Å². The molecule has 6 rings (SSSR count). The maximum Gasteiger partial charge on any atom is 0.247 e. The molecule has 1 aliphatic carbocycles. The highest BCUT2D eigenvalue weighted by atomic mass is 35.5. The van der Waals surface area contributed by atoms with Crippen LogP contribution in [0, 0.1) is 11.8 Å². The van der Waals surface area contributed by atoms with Crippen LogP contribution in [0.3, 0.4) is 0 Å². The van der Waals surface area contributed by atoms with E-state index in [1.807, 2.05) is 30.3 Å². The largest absolute Gasteiger partial charge is 0.495 e. The number of nitrogens with one attached hydrogen (secondary N) is 3. The van der Waals surface area contributed by atoms with Crippen LogP contribution in [0.5, 0.6) is 5.75 Å². The highest BCUT2D eigenvalue weighted by Crippen LogP contribution is 2.33. The average molecular weight is 739 g/mol. The van der Waals surface area contributed by atoms with Crippen molar-refractivity contribution in [1.29, 1.82) is 0 Å². The van der Waals surface area contributed by atoms with Crippen molar-refractivity contribution in [2.75, 3.05) is 45.3 Å². The van der Waals surface area contributed by atoms with E-state index in [9.17, 15) is 18.0 Å². The quantitative estimate of drug-likeness (QED) is 0.167. The van der Waals surface area contributed by atoms with Crippen molar-refractivity contribution in [3.05, 3.63) is 72.3 Å². The number of carbonyl (C=O) groups excluding carboxylic acids is 2. The molecule has 0 spiro atoms. The number of H-pyrrole nitrogens is 1. The van der Waals surface area contributed by atoms with Crippen molar-refractivity contribution < 1.29 is 27.5 Å². The Labute approximate surface area is 303 Å². The summed E-state index contributed by atoms with van der Waals surface area (Å²) in [6, 6.07) is 18.8. The van der Waals surface area contributed by atoms with Gasteiger partial charge in [0.2, 0.25) is 27.7 Å². The summed E-state index contributed by atoms with van der Waals surface area (Å²) in [5.74, 6) is 0.458. The van der Waals surface area contributed by atoms with Gasteiger partial charge in [-0.15, -0.1) is 22.6 Å². The number of hydrogen-bond acceptors (Lipinski definition) is 10. The molecule has 16 heteroatoms. The van der Waals surface area contributed by atoms with Crippen molar-refractivity contribution >= 4 is 39.9 Å². The first kappa shape index (κ1) is 37.8. The van der Waals surface area contributed by atoms with Gasteiger partial charge in [0.15, 0.2) is 0 Å². The van der Waals surface area contributed by atoms with E-state index in [2.05, 4.69) is 31.3 Å². The predicted molar refractivity (Wildman–Crippen MR) is 194 cm³/mol. The summed E-state index contributed by atoms with van der Waals surface area (Å²) in [5.41, 5.74) is 9.46. The minimum Gasteiger partial charge on any atom is -0.495 e. The molecule has 0 unspecified atom stereocenters. The molecular formula is C35H43ClN8O6S. The molecule has 272 valence electrons. The number of methoxy groups -OCH3 is 1. The minimum absolute atomic E-state index is 0. The number of amides is 2. The van der Waals surface area contributed by atoms with Crippen LogP contribution in [0.1, 0.15) is 31.2 Å². The van der Waals surface area contributed by atoms with E-state index < -0.39 is 16.1 Å². The molecular weight excluding hydrogens is 696 g/mol. The second-order valence-corrected chi connectivity index (χ2v) is 14.5. The topological polar surface area (TPSA) is 195 Å². The van der Waals surface area contributed by atoms with Gasteiger partial charge in [-0.05, 0) is 96.4 Å². The number of hydrogen-bond donors (Lipinski definition) is 4. The average Bonchev–Trinajstić information content (AvgIpc) is 3.71. The van der Waals surface area contributed by atoms with E-state index in [1.54, 1.807) is 36.4 Å². The van der Waals surface area contributed by atoms with E-state index in [0.717, 1.165) is 42.4 Å². The number of halogens is 1. The van der Waals surface area contributed by atoms with E-state index >= 15 is 0 Å². The van der Waals surface area contributed by atoms with Crippen molar-refractivity contribution in [2.24, 2.45) is 17.6 Å². The van der Waals surface area contributed by atoms with E-state index in [4.69, 9.17) is 15.2 Å². The van der Waals surface area contributed by atoms with Gasteiger partial charge in [0, 0.05) is 36.7 Å². The maximum atomic E-state index is 13.7. The SMILES string of the molecule is COc1ccc(-c2ccc(C[C@H](NC(=O)C3CCC(CN)CC3)C(=O)Nc3ccc(-c4nn[nH]n4)cc3)cc2)cc1S(=O)(=O)N1CCOCC1.Cl. The number of ether oxygens (including phenoxy) is 2. The molecule has 1 aliphatic heterocycles. The Morgan fingerprint density at radius 2 is 1.65 bits per heavy atom. The highest BCUT2D eigenvalue weighted by Gasteiger charge is 2.31. The van der Waals surface area contributed by atoms with Crippen LogP contribution >= 0.6 is 12.4 Å². The fraction of sp³-hybridized carbons (Fsp3) is 0.400. The van der Waals surface area contributed by atoms with Gasteiger partial charge in [0.05, 0.1) is 20.3 Å². The zero-order valence-corrected chi connectivity index (χ0v) is 29.9. The summed E-state index contributed by atoms with van der Waals surface area (Å²) in [4.78, 5) is 27.2. The molecule has 14 nitrogen and oxygen atoms in total. The number of aromatic nitrogens is 4. The van der Waals surface area contributed by atoms with Crippen molar-refractivity contribution in [3.8, 4) is 28.3 Å². The predicted octanol–water partition coefficient (Wildman–Crippen LogP) is 3.42. The molecule has 1 atom stereocenters. The Hall–Kier alpha value is -4.41. The standard InChI is InChI=1S/C35H42N8O6S.ClH/c1-48-31-15-12-28(21-32(31)50(46,47)43-16-18-49-19-17-43)25-6-2-23(3-7-25)20-30(38-34(44)27-8-4-24(22-36)5-9-27)35(45)37-29-13-10-26(11-14-29)33-39-41-42-40-33;/h2-3,6-7,10-15,21,24,27,30H,4-5,8-9,16-20,22,36H2,1H3,(H,37,45)(H,38,44)(H,39,40,41,42);1H/t24?,27?,30-;/m0./s1. The number of tetrazole rings is 1. The summed E-state index contributed by atoms with van der Waals surface area (Å²) < 4.78 is 39.2. The van der Waals surface area contributed by atoms with E-state index in [-0.39, 0.29) is 60.3 Å². The van der Waals surface area contributed by atoms with Gasteiger partial charge in [0.1, 0.15) is 16.7 Å². The van der Waals surface area contributed by atoms with Gasteiger partial charge in [-0.25, -0.2) is 8.42 Å². The summed E-state index contributed by atoms with van der Waals surface area (Å²) >= 11 is 0. The summed E-state index contributed by atoms with van der Waals surface area (Å²) in [5, 5.41) is 19.9. The fourth-order valence-corrected chi connectivity index (χ4v) is 8.02. The summed E-state index contributed by atoms with van der Waals surface area (Å²) in [7, 11) is -2.36. The molecule has 1 saturated carbocycles. The van der Waals surface area contributed by atoms with Gasteiger partial charge < -0.3 is 25.8 Å². The first-order valence-electron chi connectivity index (χ1n) is 16.8. The normalized spacial score (nSPS) is 18.6. The number of anilines is 1. The number of nitrogens with two attached hydrogens (primary N) is 1. The number of nitrogens with zero attached hydrogens (tertiary/aromatic N) is 4. The van der Waals surface area contributed by atoms with Crippen molar-refractivity contribution in [3.63, 3.8) is 0 Å². The monoisotopic (exact) mass is 738 g/mol. The Morgan fingerprint density at radius 1 is 0.980 bits per heavy atom. The maximum absolute atomic E-state index is 13.7. The Balaban J connectivity index is 0.00000504. The van der Waals surface area contributed by atoms with Gasteiger partial charge in [-0.1, -0.05) is 30.3 Å². The number of benzene rings is 3. The first-order valence-corrected chi connectivity index (χ1v) is 18.2. The third-order valence-corrected chi connectivity index (χ3v) is 11.3. The van der Waals surface area contributed by atoms with Crippen molar-refractivity contribution in [2.45, 2.75) is 43.0 Å².